The summed E-state index contributed by atoms with van der Waals surface area (Å²) in [5.74, 6) is 0.667. The Morgan fingerprint density at radius 1 is 1.16 bits per heavy atom. The Morgan fingerprint density at radius 2 is 1.84 bits per heavy atom. The lowest BCUT2D eigenvalue weighted by atomic mass is 10.1. The summed E-state index contributed by atoms with van der Waals surface area (Å²) in [6.45, 7) is 11.3. The number of aliphatic hydroxyl groups excluding tert-OH is 1. The Bertz CT molecular complexity index is 255. The van der Waals surface area contributed by atoms with E-state index in [0.717, 1.165) is 39.3 Å². The van der Waals surface area contributed by atoms with Gasteiger partial charge in [-0.05, 0) is 25.3 Å². The second-order valence-corrected chi connectivity index (χ2v) is 6.17. The molecule has 0 bridgehead atoms. The molecule has 2 rings (SSSR count). The highest BCUT2D eigenvalue weighted by Crippen LogP contribution is 2.27. The summed E-state index contributed by atoms with van der Waals surface area (Å²) in [5.41, 5.74) is 0. The maximum Gasteiger partial charge on any atom is 0.0900 e. The molecular weight excluding hydrogens is 240 g/mol. The van der Waals surface area contributed by atoms with Gasteiger partial charge in [-0.3, -0.25) is 4.90 Å². The normalized spacial score (nSPS) is 31.7. The van der Waals surface area contributed by atoms with Crippen LogP contribution in [0.15, 0.2) is 0 Å². The average molecular weight is 270 g/mol. The van der Waals surface area contributed by atoms with Crippen LogP contribution in [-0.2, 0) is 4.74 Å². The van der Waals surface area contributed by atoms with Gasteiger partial charge in [0.15, 0.2) is 0 Å². The molecule has 1 N–H and O–H groups in total. The summed E-state index contributed by atoms with van der Waals surface area (Å²) in [6.07, 6.45) is 3.77. The number of hydrogen-bond donors (Lipinski definition) is 1. The molecule has 0 aromatic carbocycles. The summed E-state index contributed by atoms with van der Waals surface area (Å²) in [7, 11) is 0. The average Bonchev–Trinajstić information content (AvgIpc) is 2.83. The van der Waals surface area contributed by atoms with Gasteiger partial charge >= 0.3 is 0 Å². The van der Waals surface area contributed by atoms with E-state index in [1.54, 1.807) is 0 Å². The Morgan fingerprint density at radius 3 is 2.42 bits per heavy atom. The third kappa shape index (κ3) is 4.71. The predicted molar refractivity (Wildman–Crippen MR) is 77.3 cm³/mol. The summed E-state index contributed by atoms with van der Waals surface area (Å²) >= 11 is 0. The SMILES string of the molecule is CCN1CCN(C[C@H](O)CO[C@H]2CCC[C@@H]2C)CC1. The molecule has 112 valence electrons. The molecule has 19 heavy (non-hydrogen) atoms. The minimum absolute atomic E-state index is 0.332. The number of hydrogen-bond acceptors (Lipinski definition) is 4. The molecule has 0 aromatic rings. The highest BCUT2D eigenvalue weighted by molar-refractivity contribution is 4.76. The fourth-order valence-electron chi connectivity index (χ4n) is 3.23. The molecule has 1 heterocycles. The zero-order valence-electron chi connectivity index (χ0n) is 12.6. The summed E-state index contributed by atoms with van der Waals surface area (Å²) < 4.78 is 5.87. The van der Waals surface area contributed by atoms with Crippen LogP contribution in [-0.4, -0.2) is 73.0 Å². The van der Waals surface area contributed by atoms with E-state index in [1.807, 2.05) is 0 Å². The third-order valence-electron chi connectivity index (χ3n) is 4.67. The van der Waals surface area contributed by atoms with Gasteiger partial charge in [-0.1, -0.05) is 20.3 Å². The van der Waals surface area contributed by atoms with Crippen molar-refractivity contribution in [3.63, 3.8) is 0 Å². The molecule has 1 aliphatic heterocycles. The smallest absolute Gasteiger partial charge is 0.0900 e. The molecule has 3 atom stereocenters. The van der Waals surface area contributed by atoms with Crippen molar-refractivity contribution in [1.82, 2.24) is 9.80 Å². The topological polar surface area (TPSA) is 35.9 Å². The number of aliphatic hydroxyl groups is 1. The molecule has 4 nitrogen and oxygen atoms in total. The minimum atomic E-state index is -0.332. The largest absolute Gasteiger partial charge is 0.389 e. The van der Waals surface area contributed by atoms with Crippen molar-refractivity contribution in [3.8, 4) is 0 Å². The second kappa shape index (κ2) is 7.58. The molecule has 4 heteroatoms. The van der Waals surface area contributed by atoms with Gasteiger partial charge in [0, 0.05) is 32.7 Å². The van der Waals surface area contributed by atoms with Gasteiger partial charge in [-0.25, -0.2) is 0 Å². The van der Waals surface area contributed by atoms with E-state index in [0.29, 0.717) is 18.6 Å². The van der Waals surface area contributed by atoms with E-state index < -0.39 is 0 Å². The lowest BCUT2D eigenvalue weighted by Crippen LogP contribution is -2.49. The van der Waals surface area contributed by atoms with Crippen LogP contribution in [0.1, 0.15) is 33.1 Å². The van der Waals surface area contributed by atoms with Gasteiger partial charge in [-0.2, -0.15) is 0 Å². The standard InChI is InChI=1S/C15H30N2O2/c1-3-16-7-9-17(10-8-16)11-14(18)12-19-15-6-4-5-13(15)2/h13-15,18H,3-12H2,1-2H3/t13-,14-,15-/m0/s1. The molecule has 1 saturated carbocycles. The first-order valence-electron chi connectivity index (χ1n) is 7.93. The van der Waals surface area contributed by atoms with Crippen LogP contribution < -0.4 is 0 Å². The molecule has 1 saturated heterocycles. The van der Waals surface area contributed by atoms with Gasteiger partial charge in [0.25, 0.3) is 0 Å². The van der Waals surface area contributed by atoms with Gasteiger partial charge in [0.05, 0.1) is 18.8 Å². The zero-order valence-corrected chi connectivity index (χ0v) is 12.6. The maximum absolute atomic E-state index is 10.1. The molecule has 2 fully saturated rings. The highest BCUT2D eigenvalue weighted by Gasteiger charge is 2.25. The Balaban J connectivity index is 1.60. The first-order chi connectivity index (χ1) is 9.19. The quantitative estimate of drug-likeness (QED) is 0.786. The first-order valence-corrected chi connectivity index (χ1v) is 7.93. The lowest BCUT2D eigenvalue weighted by Gasteiger charge is -2.35. The Labute approximate surface area is 117 Å². The van der Waals surface area contributed by atoms with E-state index in [1.165, 1.54) is 19.3 Å². The van der Waals surface area contributed by atoms with Crippen molar-refractivity contribution in [1.29, 1.82) is 0 Å². The number of likely N-dealkylation sites (N-methyl/N-ethyl adjacent to an activating group) is 1. The van der Waals surface area contributed by atoms with E-state index in [2.05, 4.69) is 23.6 Å². The van der Waals surface area contributed by atoms with Gasteiger partial charge in [0.2, 0.25) is 0 Å². The number of piperazine rings is 1. The van der Waals surface area contributed by atoms with Crippen LogP contribution in [0.5, 0.6) is 0 Å². The fraction of sp³-hybridized carbons (Fsp3) is 1.00. The van der Waals surface area contributed by atoms with Crippen molar-refractivity contribution in [3.05, 3.63) is 0 Å². The molecule has 2 aliphatic rings. The van der Waals surface area contributed by atoms with Gasteiger partial charge in [0.1, 0.15) is 0 Å². The second-order valence-electron chi connectivity index (χ2n) is 6.17. The summed E-state index contributed by atoms with van der Waals surface area (Å²) in [4.78, 5) is 4.82. The minimum Gasteiger partial charge on any atom is -0.389 e. The molecule has 1 aliphatic carbocycles. The maximum atomic E-state index is 10.1. The number of ether oxygens (including phenoxy) is 1. The van der Waals surface area contributed by atoms with Crippen LogP contribution in [0.25, 0.3) is 0 Å². The van der Waals surface area contributed by atoms with E-state index in [4.69, 9.17) is 4.74 Å². The number of rotatable bonds is 6. The van der Waals surface area contributed by atoms with Crippen LogP contribution >= 0.6 is 0 Å². The van der Waals surface area contributed by atoms with E-state index >= 15 is 0 Å². The van der Waals surface area contributed by atoms with Gasteiger partial charge < -0.3 is 14.7 Å². The van der Waals surface area contributed by atoms with Crippen molar-refractivity contribution in [2.24, 2.45) is 5.92 Å². The van der Waals surface area contributed by atoms with Crippen molar-refractivity contribution < 1.29 is 9.84 Å². The molecule has 0 amide bonds. The predicted octanol–water partition coefficient (Wildman–Crippen LogP) is 1.19. The van der Waals surface area contributed by atoms with Crippen molar-refractivity contribution in [2.75, 3.05) is 45.9 Å². The van der Waals surface area contributed by atoms with Crippen LogP contribution in [0, 0.1) is 5.92 Å². The lowest BCUT2D eigenvalue weighted by molar-refractivity contribution is -0.0354. The molecule has 0 aromatic heterocycles. The molecule has 0 spiro atoms. The first kappa shape index (κ1) is 15.2. The third-order valence-corrected chi connectivity index (χ3v) is 4.67. The monoisotopic (exact) mass is 270 g/mol. The summed E-state index contributed by atoms with van der Waals surface area (Å²) in [6, 6.07) is 0. The molecule has 0 unspecified atom stereocenters. The van der Waals surface area contributed by atoms with E-state index in [9.17, 15) is 5.11 Å². The van der Waals surface area contributed by atoms with Crippen molar-refractivity contribution >= 4 is 0 Å². The van der Waals surface area contributed by atoms with Crippen LogP contribution in [0.4, 0.5) is 0 Å². The Hall–Kier alpha value is -0.160. The van der Waals surface area contributed by atoms with E-state index in [-0.39, 0.29) is 6.10 Å². The highest BCUT2D eigenvalue weighted by atomic mass is 16.5. The van der Waals surface area contributed by atoms with Crippen LogP contribution in [0.3, 0.4) is 0 Å². The summed E-state index contributed by atoms with van der Waals surface area (Å²) in [5, 5.41) is 10.1. The fourth-order valence-corrected chi connectivity index (χ4v) is 3.23. The molecule has 0 radical (unpaired) electrons. The number of nitrogens with zero attached hydrogens (tertiary/aromatic N) is 2. The van der Waals surface area contributed by atoms with Crippen LogP contribution in [0.2, 0.25) is 0 Å². The number of β-amino-alcohol motifs (C(OH)–C–C–N with tert-alkyl or cyclic N) is 1. The van der Waals surface area contributed by atoms with Gasteiger partial charge in [-0.15, -0.1) is 0 Å². The Kier molecular flexibility index (Phi) is 6.07. The zero-order chi connectivity index (χ0) is 13.7. The molecular formula is C15H30N2O2. The van der Waals surface area contributed by atoms with Crippen molar-refractivity contribution in [2.45, 2.75) is 45.3 Å².